The van der Waals surface area contributed by atoms with Crippen LogP contribution in [0.1, 0.15) is 28.1 Å². The summed E-state index contributed by atoms with van der Waals surface area (Å²) in [5.41, 5.74) is 8.20. The fraction of sp³-hybridized carbons (Fsp3) is 0.172. The molecular formula is C29H28Cl2N4O3S. The summed E-state index contributed by atoms with van der Waals surface area (Å²) in [6.45, 7) is 7.23. The Bertz CT molecular complexity index is 1660. The molecular weight excluding hydrogens is 555 g/mol. The molecule has 1 amide bonds. The first-order chi connectivity index (χ1) is 18.5. The number of nitrogens with zero attached hydrogens (tertiary/aromatic N) is 3. The van der Waals surface area contributed by atoms with Crippen LogP contribution >= 0.6 is 23.2 Å². The van der Waals surface area contributed by atoms with E-state index in [1.807, 2.05) is 68.7 Å². The lowest BCUT2D eigenvalue weighted by Crippen LogP contribution is -2.39. The fourth-order valence-electron chi connectivity index (χ4n) is 4.19. The largest absolute Gasteiger partial charge is 0.316 e. The number of anilines is 1. The molecule has 39 heavy (non-hydrogen) atoms. The number of sulfonamides is 1. The van der Waals surface area contributed by atoms with E-state index in [9.17, 15) is 13.2 Å². The van der Waals surface area contributed by atoms with Crippen LogP contribution in [0, 0.1) is 27.7 Å². The molecule has 0 unspecified atom stereocenters. The molecule has 1 heterocycles. The topological polar surface area (TPSA) is 83.8 Å². The fourth-order valence-corrected chi connectivity index (χ4v) is 5.95. The highest BCUT2D eigenvalue weighted by Gasteiger charge is 2.27. The van der Waals surface area contributed by atoms with Crippen molar-refractivity contribution in [1.29, 1.82) is 0 Å². The standard InChI is InChI=1S/C29H28Cl2N4O3S/c1-19-9-12-25(15-20(19)2)34(39(37,38)26-13-10-24(30)11-14-26)18-29(36)33-32-17-23-16-21(3)35(22(23)4)28-8-6-5-7-27(28)31/h5-17H,18H2,1-4H3,(H,33,36)/b32-17-. The van der Waals surface area contributed by atoms with E-state index >= 15 is 0 Å². The Balaban J connectivity index is 1.58. The van der Waals surface area contributed by atoms with Gasteiger partial charge in [0.05, 0.1) is 27.5 Å². The van der Waals surface area contributed by atoms with Crippen molar-refractivity contribution in [3.8, 4) is 5.69 Å². The average Bonchev–Trinajstić information content (AvgIpc) is 3.17. The Labute approximate surface area is 238 Å². The maximum atomic E-state index is 13.6. The molecule has 0 aliphatic carbocycles. The summed E-state index contributed by atoms with van der Waals surface area (Å²) in [5, 5.41) is 5.13. The molecule has 4 rings (SSSR count). The lowest BCUT2D eigenvalue weighted by Gasteiger charge is -2.24. The molecule has 4 aromatic rings. The Morgan fingerprint density at radius 2 is 1.64 bits per heavy atom. The van der Waals surface area contributed by atoms with Gasteiger partial charge in [0, 0.05) is 22.0 Å². The van der Waals surface area contributed by atoms with Crippen molar-refractivity contribution < 1.29 is 13.2 Å². The molecule has 7 nitrogen and oxygen atoms in total. The zero-order valence-electron chi connectivity index (χ0n) is 21.9. The van der Waals surface area contributed by atoms with Gasteiger partial charge in [0.25, 0.3) is 15.9 Å². The molecule has 202 valence electrons. The van der Waals surface area contributed by atoms with Crippen LogP contribution in [0.4, 0.5) is 5.69 Å². The predicted molar refractivity (Wildman–Crippen MR) is 158 cm³/mol. The molecule has 0 aliphatic rings. The van der Waals surface area contributed by atoms with E-state index < -0.39 is 22.5 Å². The number of aromatic nitrogens is 1. The van der Waals surface area contributed by atoms with Crippen LogP contribution in [-0.2, 0) is 14.8 Å². The van der Waals surface area contributed by atoms with E-state index in [1.54, 1.807) is 12.1 Å². The van der Waals surface area contributed by atoms with Crippen LogP contribution < -0.4 is 9.73 Å². The average molecular weight is 584 g/mol. The number of para-hydroxylation sites is 1. The highest BCUT2D eigenvalue weighted by atomic mass is 35.5. The van der Waals surface area contributed by atoms with E-state index in [1.165, 1.54) is 30.5 Å². The highest BCUT2D eigenvalue weighted by molar-refractivity contribution is 7.92. The van der Waals surface area contributed by atoms with Crippen LogP contribution in [0.3, 0.4) is 0 Å². The number of rotatable bonds is 8. The first-order valence-electron chi connectivity index (χ1n) is 12.1. The number of hydrogen-bond acceptors (Lipinski definition) is 4. The van der Waals surface area contributed by atoms with E-state index in [0.717, 1.165) is 38.1 Å². The Kier molecular flexibility index (Phi) is 8.49. The number of nitrogens with one attached hydrogen (secondary N) is 1. The minimum absolute atomic E-state index is 0.0217. The minimum atomic E-state index is -4.07. The van der Waals surface area contributed by atoms with Crippen molar-refractivity contribution in [3.05, 3.63) is 111 Å². The molecule has 10 heteroatoms. The number of carbonyl (C=O) groups is 1. The Hall–Kier alpha value is -3.59. The van der Waals surface area contributed by atoms with Gasteiger partial charge in [-0.2, -0.15) is 5.10 Å². The summed E-state index contributed by atoms with van der Waals surface area (Å²) >= 11 is 12.3. The first-order valence-corrected chi connectivity index (χ1v) is 14.3. The van der Waals surface area contributed by atoms with Crippen molar-refractivity contribution in [2.24, 2.45) is 5.10 Å². The van der Waals surface area contributed by atoms with Gasteiger partial charge < -0.3 is 4.57 Å². The number of aryl methyl sites for hydroxylation is 3. The molecule has 0 spiro atoms. The number of amides is 1. The molecule has 0 saturated carbocycles. The SMILES string of the molecule is Cc1ccc(N(CC(=O)N/N=C\c2cc(C)n(-c3ccccc3Cl)c2C)S(=O)(=O)c2ccc(Cl)cc2)cc1C. The predicted octanol–water partition coefficient (Wildman–Crippen LogP) is 6.36. The van der Waals surface area contributed by atoms with Crippen molar-refractivity contribution in [2.75, 3.05) is 10.8 Å². The first kappa shape index (κ1) is 28.4. The second-order valence-electron chi connectivity index (χ2n) is 9.14. The molecule has 0 radical (unpaired) electrons. The van der Waals surface area contributed by atoms with Gasteiger partial charge in [0.15, 0.2) is 0 Å². The number of benzene rings is 3. The lowest BCUT2D eigenvalue weighted by atomic mass is 10.1. The van der Waals surface area contributed by atoms with Gasteiger partial charge in [-0.15, -0.1) is 0 Å². The van der Waals surface area contributed by atoms with Crippen LogP contribution in [0.2, 0.25) is 10.0 Å². The van der Waals surface area contributed by atoms with E-state index in [0.29, 0.717) is 15.7 Å². The Morgan fingerprint density at radius 1 is 0.949 bits per heavy atom. The van der Waals surface area contributed by atoms with E-state index in [2.05, 4.69) is 10.5 Å². The van der Waals surface area contributed by atoms with Crippen molar-refractivity contribution in [3.63, 3.8) is 0 Å². The third-order valence-electron chi connectivity index (χ3n) is 6.42. The normalized spacial score (nSPS) is 11.6. The van der Waals surface area contributed by atoms with Crippen molar-refractivity contribution in [1.82, 2.24) is 9.99 Å². The summed E-state index contributed by atoms with van der Waals surface area (Å²) in [4.78, 5) is 13.0. The van der Waals surface area contributed by atoms with Gasteiger partial charge in [-0.05, 0) is 93.4 Å². The van der Waals surface area contributed by atoms with Crippen LogP contribution in [0.25, 0.3) is 5.69 Å². The number of hydrogen-bond donors (Lipinski definition) is 1. The third-order valence-corrected chi connectivity index (χ3v) is 8.78. The number of hydrazone groups is 1. The van der Waals surface area contributed by atoms with Gasteiger partial charge in [0.2, 0.25) is 0 Å². The van der Waals surface area contributed by atoms with Crippen molar-refractivity contribution in [2.45, 2.75) is 32.6 Å². The lowest BCUT2D eigenvalue weighted by molar-refractivity contribution is -0.119. The smallest absolute Gasteiger partial charge is 0.264 e. The number of halogens is 2. The molecule has 1 aromatic heterocycles. The second-order valence-corrected chi connectivity index (χ2v) is 11.8. The summed E-state index contributed by atoms with van der Waals surface area (Å²) in [6.07, 6.45) is 1.53. The maximum Gasteiger partial charge on any atom is 0.264 e. The number of carbonyl (C=O) groups excluding carboxylic acids is 1. The molecule has 1 N–H and O–H groups in total. The zero-order chi connectivity index (χ0) is 28.3. The summed E-state index contributed by atoms with van der Waals surface area (Å²) in [5.74, 6) is -0.595. The van der Waals surface area contributed by atoms with E-state index in [4.69, 9.17) is 23.2 Å². The van der Waals surface area contributed by atoms with E-state index in [-0.39, 0.29) is 4.90 Å². The second kappa shape index (κ2) is 11.7. The van der Waals surface area contributed by atoms with Crippen LogP contribution in [0.15, 0.2) is 82.8 Å². The van der Waals surface area contributed by atoms with Gasteiger partial charge in [-0.25, -0.2) is 13.8 Å². The van der Waals surface area contributed by atoms with Gasteiger partial charge in [-0.1, -0.05) is 41.4 Å². The van der Waals surface area contributed by atoms with Crippen molar-refractivity contribution >= 4 is 51.0 Å². The molecule has 0 atom stereocenters. The summed E-state index contributed by atoms with van der Waals surface area (Å²) < 4.78 is 30.2. The monoisotopic (exact) mass is 582 g/mol. The molecule has 0 bridgehead atoms. The van der Waals surface area contributed by atoms with Gasteiger partial charge in [-0.3, -0.25) is 9.10 Å². The summed E-state index contributed by atoms with van der Waals surface area (Å²) in [6, 6.07) is 20.5. The molecule has 0 fully saturated rings. The zero-order valence-corrected chi connectivity index (χ0v) is 24.3. The third kappa shape index (κ3) is 6.19. The maximum absolute atomic E-state index is 13.6. The molecule has 3 aromatic carbocycles. The minimum Gasteiger partial charge on any atom is -0.316 e. The quantitative estimate of drug-likeness (QED) is 0.194. The Morgan fingerprint density at radius 3 is 2.31 bits per heavy atom. The van der Waals surface area contributed by atoms with Gasteiger partial charge >= 0.3 is 0 Å². The molecule has 0 aliphatic heterocycles. The van der Waals surface area contributed by atoms with Crippen LogP contribution in [-0.4, -0.2) is 31.7 Å². The molecule has 0 saturated heterocycles. The van der Waals surface area contributed by atoms with Gasteiger partial charge in [0.1, 0.15) is 6.54 Å². The van der Waals surface area contributed by atoms with Crippen LogP contribution in [0.5, 0.6) is 0 Å². The summed E-state index contributed by atoms with van der Waals surface area (Å²) in [7, 11) is -4.07. The highest BCUT2D eigenvalue weighted by Crippen LogP contribution is 2.27.